The summed E-state index contributed by atoms with van der Waals surface area (Å²) in [6.07, 6.45) is 6.62. The molecule has 162 valence electrons. The number of nitrogens with one attached hydrogen (secondary N) is 1. The van der Waals surface area contributed by atoms with Crippen molar-refractivity contribution in [3.05, 3.63) is 42.0 Å². The van der Waals surface area contributed by atoms with E-state index in [1.807, 2.05) is 0 Å². The van der Waals surface area contributed by atoms with Gasteiger partial charge in [-0.25, -0.2) is 0 Å². The Morgan fingerprint density at radius 1 is 1.03 bits per heavy atom. The zero-order chi connectivity index (χ0) is 21.3. The molecule has 0 heterocycles. The number of fused-ring (bicyclic) bond motifs is 1. The van der Waals surface area contributed by atoms with E-state index in [1.54, 1.807) is 0 Å². The van der Waals surface area contributed by atoms with Crippen LogP contribution >= 0.6 is 0 Å². The quantitative estimate of drug-likeness (QED) is 0.635. The Labute approximate surface area is 180 Å². The van der Waals surface area contributed by atoms with Crippen LogP contribution in [0.2, 0.25) is 0 Å². The first-order valence-corrected chi connectivity index (χ1v) is 11.4. The molecule has 2 N–H and O–H groups in total. The Kier molecular flexibility index (Phi) is 6.06. The molecule has 2 aromatic carbocycles. The summed E-state index contributed by atoms with van der Waals surface area (Å²) in [6, 6.07) is 13.3. The van der Waals surface area contributed by atoms with Crippen molar-refractivity contribution in [2.75, 3.05) is 0 Å². The predicted molar refractivity (Wildman–Crippen MR) is 121 cm³/mol. The second-order valence-electron chi connectivity index (χ2n) is 10.4. The minimum absolute atomic E-state index is 0.166. The third-order valence-electron chi connectivity index (χ3n) is 7.16. The van der Waals surface area contributed by atoms with Crippen LogP contribution < -0.4 is 10.1 Å². The van der Waals surface area contributed by atoms with E-state index in [1.165, 1.54) is 29.2 Å². The molecule has 0 unspecified atom stereocenters. The molecule has 2 aliphatic carbocycles. The topological polar surface area (TPSA) is 58.6 Å². The predicted octanol–water partition coefficient (Wildman–Crippen LogP) is 5.78. The van der Waals surface area contributed by atoms with E-state index < -0.39 is 5.97 Å². The van der Waals surface area contributed by atoms with E-state index >= 15 is 0 Å². The van der Waals surface area contributed by atoms with Crippen molar-refractivity contribution in [2.45, 2.75) is 78.0 Å². The van der Waals surface area contributed by atoms with Gasteiger partial charge in [-0.15, -0.1) is 0 Å². The van der Waals surface area contributed by atoms with Crippen molar-refractivity contribution in [1.29, 1.82) is 0 Å². The second kappa shape index (κ2) is 8.58. The molecule has 0 radical (unpaired) electrons. The molecule has 2 fully saturated rings. The Balaban J connectivity index is 1.31. The number of benzene rings is 2. The molecule has 0 atom stereocenters. The molecule has 0 bridgehead atoms. The summed E-state index contributed by atoms with van der Waals surface area (Å²) in [5, 5.41) is 14.9. The molecule has 0 spiro atoms. The number of aliphatic carboxylic acids is 1. The highest BCUT2D eigenvalue weighted by Crippen LogP contribution is 2.39. The largest absolute Gasteiger partial charge is 0.490 e. The van der Waals surface area contributed by atoms with Crippen molar-refractivity contribution in [3.63, 3.8) is 0 Å². The Bertz CT molecular complexity index is 887. The third-order valence-corrected chi connectivity index (χ3v) is 7.16. The molecule has 0 aliphatic heterocycles. The van der Waals surface area contributed by atoms with Crippen LogP contribution in [0.5, 0.6) is 5.75 Å². The minimum atomic E-state index is -0.668. The van der Waals surface area contributed by atoms with E-state index in [9.17, 15) is 4.79 Å². The monoisotopic (exact) mass is 409 g/mol. The van der Waals surface area contributed by atoms with Crippen molar-refractivity contribution < 1.29 is 14.6 Å². The van der Waals surface area contributed by atoms with Gasteiger partial charge >= 0.3 is 5.97 Å². The van der Waals surface area contributed by atoms with Gasteiger partial charge in [0, 0.05) is 12.6 Å². The number of carboxylic acid groups (broad SMARTS) is 1. The lowest BCUT2D eigenvalue weighted by Gasteiger charge is -2.37. The number of rotatable bonds is 6. The standard InChI is InChI=1S/C26H35NO3/c1-26(2,3)21-7-10-23(11-8-21)30-24-9-6-18-12-17(4-5-19(18)15-24)16-27-22-13-20(14-22)25(28)29/h4-6,9,12,15,20-23,27H,7-8,10-11,13-14,16H2,1-3H3,(H,28,29). The average molecular weight is 410 g/mol. The molecule has 0 aromatic heterocycles. The van der Waals surface area contributed by atoms with Crippen LogP contribution in [0, 0.1) is 17.3 Å². The Hall–Kier alpha value is -2.07. The smallest absolute Gasteiger partial charge is 0.306 e. The summed E-state index contributed by atoms with van der Waals surface area (Å²) >= 11 is 0. The highest BCUT2D eigenvalue weighted by atomic mass is 16.5. The maximum absolute atomic E-state index is 10.9. The van der Waals surface area contributed by atoms with Crippen molar-refractivity contribution in [3.8, 4) is 5.75 Å². The fourth-order valence-corrected chi connectivity index (χ4v) is 4.94. The molecule has 4 nitrogen and oxygen atoms in total. The molecule has 2 aromatic rings. The molecule has 30 heavy (non-hydrogen) atoms. The van der Waals surface area contributed by atoms with Crippen LogP contribution in [-0.2, 0) is 11.3 Å². The van der Waals surface area contributed by atoms with Crippen LogP contribution in [0.4, 0.5) is 0 Å². The zero-order valence-corrected chi connectivity index (χ0v) is 18.5. The molecule has 4 rings (SSSR count). The summed E-state index contributed by atoms with van der Waals surface area (Å²) in [6.45, 7) is 7.84. The van der Waals surface area contributed by atoms with Crippen LogP contribution in [0.25, 0.3) is 10.8 Å². The molecule has 0 saturated heterocycles. The van der Waals surface area contributed by atoms with E-state index in [0.717, 1.165) is 43.9 Å². The number of ether oxygens (including phenoxy) is 1. The summed E-state index contributed by atoms with van der Waals surface area (Å²) in [5.41, 5.74) is 1.63. The van der Waals surface area contributed by atoms with Crippen LogP contribution in [-0.4, -0.2) is 23.2 Å². The number of hydrogen-bond donors (Lipinski definition) is 2. The lowest BCUT2D eigenvalue weighted by atomic mass is 9.72. The lowest BCUT2D eigenvalue weighted by Crippen LogP contribution is -2.43. The van der Waals surface area contributed by atoms with Gasteiger partial charge < -0.3 is 15.2 Å². The minimum Gasteiger partial charge on any atom is -0.490 e. The van der Waals surface area contributed by atoms with E-state index in [4.69, 9.17) is 9.84 Å². The van der Waals surface area contributed by atoms with Gasteiger partial charge in [-0.1, -0.05) is 39.0 Å². The van der Waals surface area contributed by atoms with Gasteiger partial charge in [-0.2, -0.15) is 0 Å². The second-order valence-corrected chi connectivity index (χ2v) is 10.4. The number of carbonyl (C=O) groups is 1. The van der Waals surface area contributed by atoms with Gasteiger partial charge in [0.15, 0.2) is 0 Å². The van der Waals surface area contributed by atoms with E-state index in [2.05, 4.69) is 62.5 Å². The van der Waals surface area contributed by atoms with Gasteiger partial charge in [-0.05, 0) is 84.4 Å². The zero-order valence-electron chi connectivity index (χ0n) is 18.5. The highest BCUT2D eigenvalue weighted by Gasteiger charge is 2.34. The third kappa shape index (κ3) is 4.97. The Morgan fingerprint density at radius 3 is 2.37 bits per heavy atom. The van der Waals surface area contributed by atoms with Crippen LogP contribution in [0.15, 0.2) is 36.4 Å². The van der Waals surface area contributed by atoms with Crippen molar-refractivity contribution >= 4 is 16.7 Å². The fourth-order valence-electron chi connectivity index (χ4n) is 4.94. The van der Waals surface area contributed by atoms with Gasteiger partial charge in [0.1, 0.15) is 5.75 Å². The highest BCUT2D eigenvalue weighted by molar-refractivity contribution is 5.84. The summed E-state index contributed by atoms with van der Waals surface area (Å²) in [4.78, 5) is 10.9. The van der Waals surface area contributed by atoms with Gasteiger partial charge in [0.05, 0.1) is 12.0 Å². The maximum Gasteiger partial charge on any atom is 0.306 e. The summed E-state index contributed by atoms with van der Waals surface area (Å²) < 4.78 is 6.32. The number of hydrogen-bond acceptors (Lipinski definition) is 3. The van der Waals surface area contributed by atoms with Gasteiger partial charge in [0.2, 0.25) is 0 Å². The Morgan fingerprint density at radius 2 is 1.70 bits per heavy atom. The summed E-state index contributed by atoms with van der Waals surface area (Å²) in [5.74, 6) is 0.942. The lowest BCUT2D eigenvalue weighted by molar-refractivity contribution is -0.145. The van der Waals surface area contributed by atoms with Gasteiger partial charge in [-0.3, -0.25) is 4.79 Å². The molecule has 2 aliphatic rings. The molecular formula is C26H35NO3. The van der Waals surface area contributed by atoms with Crippen molar-refractivity contribution in [1.82, 2.24) is 5.32 Å². The normalized spacial score (nSPS) is 26.9. The van der Waals surface area contributed by atoms with Crippen LogP contribution in [0.1, 0.15) is 64.9 Å². The molecular weight excluding hydrogens is 374 g/mol. The molecule has 4 heteroatoms. The van der Waals surface area contributed by atoms with Crippen molar-refractivity contribution in [2.24, 2.45) is 17.3 Å². The SMILES string of the molecule is CC(C)(C)C1CCC(Oc2ccc3cc(CNC4CC(C(=O)O)C4)ccc3c2)CC1. The first-order valence-electron chi connectivity index (χ1n) is 11.4. The number of carboxylic acids is 1. The van der Waals surface area contributed by atoms with E-state index in [-0.39, 0.29) is 5.92 Å². The van der Waals surface area contributed by atoms with E-state index in [0.29, 0.717) is 17.6 Å². The average Bonchev–Trinajstić information content (AvgIpc) is 2.66. The fraction of sp³-hybridized carbons (Fsp3) is 0.577. The molecule has 0 amide bonds. The van der Waals surface area contributed by atoms with Gasteiger partial charge in [0.25, 0.3) is 0 Å². The first kappa shape index (κ1) is 21.2. The summed E-state index contributed by atoms with van der Waals surface area (Å²) in [7, 11) is 0. The molecule has 2 saturated carbocycles. The van der Waals surface area contributed by atoms with Crippen LogP contribution in [0.3, 0.4) is 0 Å². The maximum atomic E-state index is 10.9. The first-order chi connectivity index (χ1) is 14.3.